The average molecular weight is 224 g/mol. The predicted molar refractivity (Wildman–Crippen MR) is 55.3 cm³/mol. The number of carboxylic acids is 1. The molecule has 16 heavy (non-hydrogen) atoms. The van der Waals surface area contributed by atoms with Gasteiger partial charge < -0.3 is 19.3 Å². The molecule has 1 aliphatic rings. The third-order valence-corrected chi connectivity index (χ3v) is 2.05. The molecule has 0 amide bonds. The lowest BCUT2D eigenvalue weighted by Gasteiger charge is -2.12. The molecule has 86 valence electrons. The van der Waals surface area contributed by atoms with Crippen molar-refractivity contribution in [2.24, 2.45) is 0 Å². The van der Waals surface area contributed by atoms with Crippen molar-refractivity contribution in [1.82, 2.24) is 0 Å². The van der Waals surface area contributed by atoms with Crippen molar-refractivity contribution in [2.45, 2.75) is 20.0 Å². The van der Waals surface area contributed by atoms with Gasteiger partial charge in [0.2, 0.25) is 12.5 Å². The van der Waals surface area contributed by atoms with Crippen LogP contribution in [-0.2, 0) is 0 Å². The van der Waals surface area contributed by atoms with Crippen LogP contribution in [0.15, 0.2) is 12.1 Å². The van der Waals surface area contributed by atoms with Crippen LogP contribution in [0.25, 0.3) is 0 Å². The molecule has 1 aliphatic heterocycles. The summed E-state index contributed by atoms with van der Waals surface area (Å²) in [5, 5.41) is 8.92. The number of aromatic carboxylic acids is 1. The molecule has 0 aliphatic carbocycles. The summed E-state index contributed by atoms with van der Waals surface area (Å²) in [7, 11) is 0. The second-order valence-electron chi connectivity index (χ2n) is 3.68. The topological polar surface area (TPSA) is 65.0 Å². The van der Waals surface area contributed by atoms with Crippen molar-refractivity contribution < 1.29 is 24.1 Å². The molecule has 0 unspecified atom stereocenters. The van der Waals surface area contributed by atoms with Crippen LogP contribution >= 0.6 is 0 Å². The van der Waals surface area contributed by atoms with Crippen molar-refractivity contribution in [3.8, 4) is 17.2 Å². The largest absolute Gasteiger partial charge is 0.487 e. The lowest BCUT2D eigenvalue weighted by molar-refractivity contribution is 0.0695. The summed E-state index contributed by atoms with van der Waals surface area (Å²) < 4.78 is 15.9. The molecule has 0 bridgehead atoms. The predicted octanol–water partition coefficient (Wildman–Crippen LogP) is 1.90. The van der Waals surface area contributed by atoms with Crippen LogP contribution in [0, 0.1) is 0 Å². The molecular formula is C11H12O5. The Balaban J connectivity index is 2.45. The monoisotopic (exact) mass is 224 g/mol. The van der Waals surface area contributed by atoms with Crippen LogP contribution in [0.1, 0.15) is 24.2 Å². The Kier molecular flexibility index (Phi) is 2.60. The molecular weight excluding hydrogens is 212 g/mol. The van der Waals surface area contributed by atoms with Gasteiger partial charge in [0.1, 0.15) is 0 Å². The normalized spacial score (nSPS) is 12.9. The number of carbonyl (C=O) groups is 1. The fourth-order valence-corrected chi connectivity index (χ4v) is 1.44. The second-order valence-corrected chi connectivity index (χ2v) is 3.68. The highest BCUT2D eigenvalue weighted by Crippen LogP contribution is 2.42. The van der Waals surface area contributed by atoms with E-state index >= 15 is 0 Å². The Bertz CT molecular complexity index is 425. The number of rotatable bonds is 3. The second kappa shape index (κ2) is 3.92. The van der Waals surface area contributed by atoms with Crippen molar-refractivity contribution in [1.29, 1.82) is 0 Å². The van der Waals surface area contributed by atoms with Crippen molar-refractivity contribution in [3.05, 3.63) is 17.7 Å². The van der Waals surface area contributed by atoms with E-state index in [2.05, 4.69) is 0 Å². The highest BCUT2D eigenvalue weighted by molar-refractivity contribution is 5.89. The third kappa shape index (κ3) is 1.88. The minimum Gasteiger partial charge on any atom is -0.487 e. The van der Waals surface area contributed by atoms with Crippen LogP contribution in [0.3, 0.4) is 0 Å². The Morgan fingerprint density at radius 3 is 2.81 bits per heavy atom. The quantitative estimate of drug-likeness (QED) is 0.849. The summed E-state index contributed by atoms with van der Waals surface area (Å²) in [6.07, 6.45) is -0.0580. The molecule has 0 fully saturated rings. The first-order valence-electron chi connectivity index (χ1n) is 4.91. The van der Waals surface area contributed by atoms with Gasteiger partial charge in [-0.05, 0) is 26.0 Å². The van der Waals surface area contributed by atoms with E-state index in [4.69, 9.17) is 19.3 Å². The number of ether oxygens (including phenoxy) is 3. The van der Waals surface area contributed by atoms with Gasteiger partial charge in [-0.1, -0.05) is 0 Å². The minimum atomic E-state index is -1.02. The molecule has 1 N–H and O–H groups in total. The highest BCUT2D eigenvalue weighted by atomic mass is 16.7. The first-order chi connectivity index (χ1) is 7.58. The lowest BCUT2D eigenvalue weighted by Crippen LogP contribution is -2.07. The van der Waals surface area contributed by atoms with Crippen molar-refractivity contribution in [2.75, 3.05) is 6.79 Å². The maximum absolute atomic E-state index is 10.9. The molecule has 1 aromatic carbocycles. The number of hydrogen-bond donors (Lipinski definition) is 1. The van der Waals surface area contributed by atoms with Crippen LogP contribution in [-0.4, -0.2) is 24.0 Å². The van der Waals surface area contributed by atoms with Gasteiger partial charge in [-0.2, -0.15) is 0 Å². The summed E-state index contributed by atoms with van der Waals surface area (Å²) in [5.41, 5.74) is 0.125. The van der Waals surface area contributed by atoms with E-state index in [0.717, 1.165) is 0 Å². The van der Waals surface area contributed by atoms with E-state index < -0.39 is 5.97 Å². The maximum atomic E-state index is 10.9. The first-order valence-corrected chi connectivity index (χ1v) is 4.91. The Labute approximate surface area is 92.5 Å². The first kappa shape index (κ1) is 10.6. The van der Waals surface area contributed by atoms with Gasteiger partial charge in [0.05, 0.1) is 11.7 Å². The van der Waals surface area contributed by atoms with E-state index in [1.165, 1.54) is 12.1 Å². The number of benzene rings is 1. The Morgan fingerprint density at radius 1 is 1.44 bits per heavy atom. The molecule has 0 atom stereocenters. The van der Waals surface area contributed by atoms with Crippen molar-refractivity contribution in [3.63, 3.8) is 0 Å². The summed E-state index contributed by atoms with van der Waals surface area (Å²) in [6, 6.07) is 2.87. The Morgan fingerprint density at radius 2 is 2.19 bits per heavy atom. The molecule has 5 heteroatoms. The van der Waals surface area contributed by atoms with Crippen molar-refractivity contribution >= 4 is 5.97 Å². The highest BCUT2D eigenvalue weighted by Gasteiger charge is 2.22. The molecule has 1 heterocycles. The van der Waals surface area contributed by atoms with Crippen LogP contribution in [0.4, 0.5) is 0 Å². The van der Waals surface area contributed by atoms with Gasteiger partial charge in [-0.3, -0.25) is 0 Å². The fraction of sp³-hybridized carbons (Fsp3) is 0.364. The van der Waals surface area contributed by atoms with Gasteiger partial charge >= 0.3 is 5.97 Å². The minimum absolute atomic E-state index is 0.0580. The van der Waals surface area contributed by atoms with E-state index in [1.807, 2.05) is 13.8 Å². The van der Waals surface area contributed by atoms with E-state index in [9.17, 15) is 4.79 Å². The zero-order valence-corrected chi connectivity index (χ0v) is 9.02. The molecule has 5 nitrogen and oxygen atoms in total. The molecule has 0 aromatic heterocycles. The fourth-order valence-electron chi connectivity index (χ4n) is 1.44. The van der Waals surface area contributed by atoms with Gasteiger partial charge in [0.15, 0.2) is 11.5 Å². The molecule has 0 saturated carbocycles. The Hall–Kier alpha value is -1.91. The molecule has 0 spiro atoms. The van der Waals surface area contributed by atoms with Gasteiger partial charge in [-0.25, -0.2) is 4.79 Å². The third-order valence-electron chi connectivity index (χ3n) is 2.05. The number of hydrogen-bond acceptors (Lipinski definition) is 4. The maximum Gasteiger partial charge on any atom is 0.335 e. The molecule has 2 rings (SSSR count). The zero-order chi connectivity index (χ0) is 11.7. The van der Waals surface area contributed by atoms with Crippen LogP contribution < -0.4 is 14.2 Å². The zero-order valence-electron chi connectivity index (χ0n) is 9.02. The van der Waals surface area contributed by atoms with E-state index in [0.29, 0.717) is 17.2 Å². The lowest BCUT2D eigenvalue weighted by atomic mass is 10.2. The summed E-state index contributed by atoms with van der Waals surface area (Å²) in [4.78, 5) is 10.9. The van der Waals surface area contributed by atoms with Gasteiger partial charge in [0, 0.05) is 0 Å². The number of carboxylic acid groups (broad SMARTS) is 1. The summed E-state index contributed by atoms with van der Waals surface area (Å²) in [5.74, 6) is 0.267. The molecule has 0 saturated heterocycles. The van der Waals surface area contributed by atoms with E-state index in [1.54, 1.807) is 0 Å². The van der Waals surface area contributed by atoms with Gasteiger partial charge in [0.25, 0.3) is 0 Å². The SMILES string of the molecule is CC(C)Oc1cc(C(=O)O)cc2c1OCO2. The average Bonchev–Trinajstić information content (AvgIpc) is 2.64. The smallest absolute Gasteiger partial charge is 0.335 e. The van der Waals surface area contributed by atoms with Gasteiger partial charge in [-0.15, -0.1) is 0 Å². The molecule has 1 aromatic rings. The standard InChI is InChI=1S/C11H12O5/c1-6(2)16-9-4-7(11(12)13)3-8-10(9)15-5-14-8/h3-4,6H,5H2,1-2H3,(H,12,13). The number of fused-ring (bicyclic) bond motifs is 1. The summed E-state index contributed by atoms with van der Waals surface area (Å²) in [6.45, 7) is 3.80. The van der Waals surface area contributed by atoms with Crippen LogP contribution in [0.5, 0.6) is 17.2 Å². The molecule has 0 radical (unpaired) electrons. The summed E-state index contributed by atoms with van der Waals surface area (Å²) >= 11 is 0. The van der Waals surface area contributed by atoms with E-state index in [-0.39, 0.29) is 18.5 Å². The van der Waals surface area contributed by atoms with Crippen LogP contribution in [0.2, 0.25) is 0 Å².